The van der Waals surface area contributed by atoms with Crippen molar-refractivity contribution in [2.45, 2.75) is 4.90 Å². The van der Waals surface area contributed by atoms with Crippen molar-refractivity contribution < 1.29 is 13.2 Å². The van der Waals surface area contributed by atoms with E-state index in [1.807, 2.05) is 0 Å². The maximum atomic E-state index is 11.2. The molecule has 0 spiro atoms. The number of nitrogens with one attached hydrogen (secondary N) is 1. The standard InChI is InChI=1S/C7H5BrNO3S/c8-6-1-3-7(4-2-6)13(11,12)9-5-10/h1-4H,(H,9,10). The van der Waals surface area contributed by atoms with E-state index in [4.69, 9.17) is 0 Å². The first-order valence-electron chi connectivity index (χ1n) is 3.21. The smallest absolute Gasteiger partial charge is 0.262 e. The van der Waals surface area contributed by atoms with Crippen LogP contribution < -0.4 is 4.72 Å². The summed E-state index contributed by atoms with van der Waals surface area (Å²) in [6, 6.07) is 5.90. The van der Waals surface area contributed by atoms with Crippen molar-refractivity contribution in [1.29, 1.82) is 0 Å². The zero-order valence-corrected chi connectivity index (χ0v) is 8.72. The number of halogens is 1. The molecule has 4 nitrogen and oxygen atoms in total. The van der Waals surface area contributed by atoms with E-state index in [-0.39, 0.29) is 4.90 Å². The van der Waals surface area contributed by atoms with Crippen LogP contribution in [0.5, 0.6) is 0 Å². The molecule has 1 radical (unpaired) electrons. The van der Waals surface area contributed by atoms with Gasteiger partial charge in [-0.3, -0.25) is 4.79 Å². The second-order valence-electron chi connectivity index (χ2n) is 2.16. The fraction of sp³-hybridized carbons (Fsp3) is 0. The Morgan fingerprint density at radius 3 is 2.23 bits per heavy atom. The number of amides is 1. The first-order chi connectivity index (χ1) is 6.06. The largest absolute Gasteiger partial charge is 0.324 e. The lowest BCUT2D eigenvalue weighted by Gasteiger charge is -2.00. The highest BCUT2D eigenvalue weighted by molar-refractivity contribution is 9.10. The minimum absolute atomic E-state index is 0.0269. The first kappa shape index (κ1) is 10.2. The Hall–Kier alpha value is -0.880. The van der Waals surface area contributed by atoms with E-state index in [9.17, 15) is 13.2 Å². The van der Waals surface area contributed by atoms with Crippen LogP contribution >= 0.6 is 15.9 Å². The fourth-order valence-corrected chi connectivity index (χ4v) is 1.71. The molecule has 1 aromatic carbocycles. The maximum Gasteiger partial charge on any atom is 0.324 e. The lowest BCUT2D eigenvalue weighted by molar-refractivity contribution is 0.547. The molecule has 0 aliphatic rings. The molecule has 13 heavy (non-hydrogen) atoms. The third-order valence-corrected chi connectivity index (χ3v) is 3.07. The Morgan fingerprint density at radius 2 is 1.77 bits per heavy atom. The van der Waals surface area contributed by atoms with E-state index in [1.54, 1.807) is 16.9 Å². The highest BCUT2D eigenvalue weighted by Gasteiger charge is 2.11. The van der Waals surface area contributed by atoms with Crippen molar-refractivity contribution >= 4 is 32.4 Å². The van der Waals surface area contributed by atoms with Crippen LogP contribution in [0.2, 0.25) is 0 Å². The summed E-state index contributed by atoms with van der Waals surface area (Å²) in [6.45, 7) is 0. The van der Waals surface area contributed by atoms with Gasteiger partial charge >= 0.3 is 6.41 Å². The van der Waals surface area contributed by atoms with Crippen molar-refractivity contribution in [3.63, 3.8) is 0 Å². The van der Waals surface area contributed by atoms with E-state index in [0.29, 0.717) is 0 Å². The van der Waals surface area contributed by atoms with Crippen LogP contribution in [-0.4, -0.2) is 14.8 Å². The molecule has 0 unspecified atom stereocenters. The van der Waals surface area contributed by atoms with Gasteiger partial charge in [0.1, 0.15) is 0 Å². The molecule has 1 N–H and O–H groups in total. The summed E-state index contributed by atoms with van der Waals surface area (Å²) in [5.41, 5.74) is 0. The highest BCUT2D eigenvalue weighted by Crippen LogP contribution is 2.13. The molecular weight excluding hydrogens is 258 g/mol. The lowest BCUT2D eigenvalue weighted by atomic mass is 10.4. The van der Waals surface area contributed by atoms with Crippen LogP contribution in [0.1, 0.15) is 0 Å². The van der Waals surface area contributed by atoms with E-state index >= 15 is 0 Å². The average Bonchev–Trinajstić information content (AvgIpc) is 2.05. The van der Waals surface area contributed by atoms with Crippen LogP contribution in [0, 0.1) is 0 Å². The van der Waals surface area contributed by atoms with Crippen molar-refractivity contribution in [2.24, 2.45) is 0 Å². The second-order valence-corrected chi connectivity index (χ2v) is 4.76. The van der Waals surface area contributed by atoms with Crippen molar-refractivity contribution in [3.8, 4) is 0 Å². The van der Waals surface area contributed by atoms with Gasteiger partial charge in [0.2, 0.25) is 0 Å². The van der Waals surface area contributed by atoms with E-state index in [2.05, 4.69) is 15.9 Å². The van der Waals surface area contributed by atoms with Crippen LogP contribution in [0.4, 0.5) is 0 Å². The van der Waals surface area contributed by atoms with E-state index in [1.165, 1.54) is 12.1 Å². The van der Waals surface area contributed by atoms with E-state index < -0.39 is 10.0 Å². The molecule has 6 heteroatoms. The third-order valence-electron chi connectivity index (χ3n) is 1.30. The summed E-state index contributed by atoms with van der Waals surface area (Å²) >= 11 is 3.16. The first-order valence-corrected chi connectivity index (χ1v) is 5.48. The molecule has 0 aliphatic heterocycles. The van der Waals surface area contributed by atoms with Gasteiger partial charge in [-0.15, -0.1) is 0 Å². The summed E-state index contributed by atoms with van der Waals surface area (Å²) in [6.07, 6.45) is 1.12. The summed E-state index contributed by atoms with van der Waals surface area (Å²) in [5.74, 6) is 0. The van der Waals surface area contributed by atoms with Crippen LogP contribution in [0.3, 0.4) is 0 Å². The topological polar surface area (TPSA) is 63.2 Å². The molecule has 0 heterocycles. The zero-order chi connectivity index (χ0) is 9.90. The number of rotatable bonds is 3. The Bertz CT molecular complexity index is 398. The summed E-state index contributed by atoms with van der Waals surface area (Å²) in [5, 5.41) is 0. The van der Waals surface area contributed by atoms with Gasteiger partial charge in [-0.1, -0.05) is 15.9 Å². The molecule has 0 saturated heterocycles. The van der Waals surface area contributed by atoms with Crippen molar-refractivity contribution in [3.05, 3.63) is 28.7 Å². The van der Waals surface area contributed by atoms with Gasteiger partial charge in [-0.05, 0) is 24.3 Å². The summed E-state index contributed by atoms with van der Waals surface area (Å²) in [7, 11) is -3.72. The molecule has 0 aromatic heterocycles. The van der Waals surface area contributed by atoms with Gasteiger partial charge in [0.25, 0.3) is 10.0 Å². The van der Waals surface area contributed by atoms with Crippen LogP contribution in [0.15, 0.2) is 33.6 Å². The fourth-order valence-electron chi connectivity index (χ4n) is 0.728. The van der Waals surface area contributed by atoms with Gasteiger partial charge in [0.15, 0.2) is 0 Å². The summed E-state index contributed by atoms with van der Waals surface area (Å²) in [4.78, 5) is 9.86. The Balaban J connectivity index is 3.08. The van der Waals surface area contributed by atoms with E-state index in [0.717, 1.165) is 10.9 Å². The monoisotopic (exact) mass is 262 g/mol. The minimum Gasteiger partial charge on any atom is -0.262 e. The Labute approximate surface area is 84.1 Å². The van der Waals surface area contributed by atoms with Gasteiger partial charge < -0.3 is 0 Å². The minimum atomic E-state index is -3.72. The Morgan fingerprint density at radius 1 is 1.23 bits per heavy atom. The van der Waals surface area contributed by atoms with Crippen molar-refractivity contribution in [1.82, 2.24) is 4.72 Å². The molecule has 0 saturated carbocycles. The third kappa shape index (κ3) is 2.53. The Kier molecular flexibility index (Phi) is 3.05. The normalized spacial score (nSPS) is 10.8. The maximum absolute atomic E-state index is 11.2. The van der Waals surface area contributed by atoms with Gasteiger partial charge in [0, 0.05) is 4.47 Å². The number of benzene rings is 1. The zero-order valence-electron chi connectivity index (χ0n) is 6.32. The molecule has 1 amide bonds. The molecule has 0 atom stereocenters. The molecule has 0 fully saturated rings. The second kappa shape index (κ2) is 3.89. The number of carbonyl (C=O) groups excluding carboxylic acids is 1. The molecule has 1 aromatic rings. The molecule has 69 valence electrons. The van der Waals surface area contributed by atoms with Crippen molar-refractivity contribution in [2.75, 3.05) is 0 Å². The lowest BCUT2D eigenvalue weighted by Crippen LogP contribution is -2.21. The van der Waals surface area contributed by atoms with Gasteiger partial charge in [-0.25, -0.2) is 13.1 Å². The predicted octanol–water partition coefficient (Wildman–Crippen LogP) is 0.795. The quantitative estimate of drug-likeness (QED) is 0.820. The summed E-state index contributed by atoms with van der Waals surface area (Å²) < 4.78 is 24.7. The SMILES string of the molecule is O=[C]NS(=O)(=O)c1ccc(Br)cc1. The molecule has 1 rings (SSSR count). The highest BCUT2D eigenvalue weighted by atomic mass is 79.9. The van der Waals surface area contributed by atoms with Crippen LogP contribution in [-0.2, 0) is 14.8 Å². The molecule has 0 bridgehead atoms. The van der Waals surface area contributed by atoms with Gasteiger partial charge in [0.05, 0.1) is 4.90 Å². The predicted molar refractivity (Wildman–Crippen MR) is 50.2 cm³/mol. The number of hydrogen-bond donors (Lipinski definition) is 1. The van der Waals surface area contributed by atoms with Gasteiger partial charge in [-0.2, -0.15) is 0 Å². The molecule has 0 aliphatic carbocycles. The average molecular weight is 263 g/mol. The van der Waals surface area contributed by atoms with Crippen LogP contribution in [0.25, 0.3) is 0 Å². The molecular formula is C7H5BrNO3S. The number of sulfonamides is 1. The number of hydrogen-bond acceptors (Lipinski definition) is 3.